The second-order valence-corrected chi connectivity index (χ2v) is 7.79. The maximum atomic E-state index is 12.5. The van der Waals surface area contributed by atoms with Gasteiger partial charge in [-0.05, 0) is 30.2 Å². The van der Waals surface area contributed by atoms with E-state index in [1.165, 1.54) is 11.3 Å². The molecule has 1 N–H and O–H groups in total. The van der Waals surface area contributed by atoms with Crippen molar-refractivity contribution in [2.24, 2.45) is 23.7 Å². The molecule has 1 aliphatic heterocycles. The molecule has 4 rings (SSSR count). The quantitative estimate of drug-likeness (QED) is 0.683. The molecule has 2 bridgehead atoms. The molecule has 5 nitrogen and oxygen atoms in total. The Kier molecular flexibility index (Phi) is 3.20. The van der Waals surface area contributed by atoms with Crippen LogP contribution in [0.3, 0.4) is 0 Å². The SMILES string of the molecule is CC(C)c1cc(C(=O)NN2C(=O)[C@@H]3[C@@H](C2=O)[C@H]2C=C[C@@H]3C2)cs1. The maximum absolute atomic E-state index is 12.5. The van der Waals surface area contributed by atoms with E-state index >= 15 is 0 Å². The molecule has 6 heteroatoms. The van der Waals surface area contributed by atoms with Crippen molar-refractivity contribution in [2.75, 3.05) is 0 Å². The fourth-order valence-electron chi connectivity index (χ4n) is 3.95. The van der Waals surface area contributed by atoms with Crippen molar-refractivity contribution in [3.63, 3.8) is 0 Å². The van der Waals surface area contributed by atoms with Gasteiger partial charge in [-0.3, -0.25) is 19.8 Å². The van der Waals surface area contributed by atoms with Gasteiger partial charge in [0.05, 0.1) is 17.4 Å². The predicted molar refractivity (Wildman–Crippen MR) is 85.4 cm³/mol. The maximum Gasteiger partial charge on any atom is 0.271 e. The number of hydrogen-bond donors (Lipinski definition) is 1. The second kappa shape index (κ2) is 5.03. The second-order valence-electron chi connectivity index (χ2n) is 6.85. The fourth-order valence-corrected chi connectivity index (χ4v) is 4.86. The number of carbonyl (C=O) groups excluding carboxylic acids is 3. The summed E-state index contributed by atoms with van der Waals surface area (Å²) in [5.74, 6) is -0.839. The van der Waals surface area contributed by atoms with E-state index in [1.807, 2.05) is 18.2 Å². The molecule has 2 heterocycles. The number of hydrazine groups is 1. The molecule has 2 fully saturated rings. The Labute approximate surface area is 138 Å². The molecule has 0 unspecified atom stereocenters. The topological polar surface area (TPSA) is 66.5 Å². The van der Waals surface area contributed by atoms with Crippen LogP contribution in [0.25, 0.3) is 0 Å². The number of hydrogen-bond acceptors (Lipinski definition) is 4. The average Bonchev–Trinajstić information content (AvgIpc) is 3.26. The summed E-state index contributed by atoms with van der Waals surface area (Å²) in [4.78, 5) is 38.5. The number of nitrogens with zero attached hydrogens (tertiary/aromatic N) is 1. The number of fused-ring (bicyclic) bond motifs is 5. The van der Waals surface area contributed by atoms with Crippen molar-refractivity contribution in [1.29, 1.82) is 0 Å². The predicted octanol–water partition coefficient (Wildman–Crippen LogP) is 2.32. The minimum atomic E-state index is -0.393. The van der Waals surface area contributed by atoms with Crippen molar-refractivity contribution >= 4 is 29.1 Å². The molecule has 3 amide bonds. The molecule has 0 radical (unpaired) electrons. The first-order valence-electron chi connectivity index (χ1n) is 7.93. The molecule has 1 saturated heterocycles. The number of carbonyl (C=O) groups is 3. The number of allylic oxidation sites excluding steroid dienone is 2. The first-order valence-corrected chi connectivity index (χ1v) is 8.81. The van der Waals surface area contributed by atoms with Gasteiger partial charge >= 0.3 is 0 Å². The molecule has 0 aromatic carbocycles. The van der Waals surface area contributed by atoms with Crippen LogP contribution in [-0.4, -0.2) is 22.7 Å². The molecular weight excluding hydrogens is 312 g/mol. The van der Waals surface area contributed by atoms with Crippen LogP contribution < -0.4 is 5.43 Å². The van der Waals surface area contributed by atoms with Crippen LogP contribution in [0.15, 0.2) is 23.6 Å². The van der Waals surface area contributed by atoms with Gasteiger partial charge in [0.15, 0.2) is 0 Å². The first-order chi connectivity index (χ1) is 11.0. The number of imide groups is 1. The Morgan fingerprint density at radius 1 is 1.22 bits per heavy atom. The molecule has 1 aromatic heterocycles. The highest BCUT2D eigenvalue weighted by molar-refractivity contribution is 7.10. The van der Waals surface area contributed by atoms with Crippen LogP contribution in [0.2, 0.25) is 0 Å². The van der Waals surface area contributed by atoms with Crippen LogP contribution in [0.4, 0.5) is 0 Å². The highest BCUT2D eigenvalue weighted by Crippen LogP contribution is 2.52. The van der Waals surface area contributed by atoms with E-state index in [-0.39, 0.29) is 35.5 Å². The zero-order valence-electron chi connectivity index (χ0n) is 13.0. The minimum absolute atomic E-state index is 0.150. The van der Waals surface area contributed by atoms with E-state index in [0.29, 0.717) is 11.5 Å². The van der Waals surface area contributed by atoms with Crippen LogP contribution in [-0.2, 0) is 9.59 Å². The molecule has 2 aliphatic carbocycles. The Balaban J connectivity index is 1.52. The average molecular weight is 330 g/mol. The van der Waals surface area contributed by atoms with Gasteiger partial charge in [-0.2, -0.15) is 5.01 Å². The third-order valence-corrected chi connectivity index (χ3v) is 6.37. The standard InChI is InChI=1S/C17H18N2O3S/c1-8(2)12-6-11(7-23-12)15(20)18-19-16(21)13-9-3-4-10(5-9)14(13)17(19)22/h3-4,6-10,13-14H,5H2,1-2H3,(H,18,20)/t9-,10+,13-,14-/m0/s1. The van der Waals surface area contributed by atoms with Gasteiger partial charge in [0.25, 0.3) is 17.7 Å². The lowest BCUT2D eigenvalue weighted by molar-refractivity contribution is -0.143. The molecule has 4 atom stereocenters. The first kappa shape index (κ1) is 14.6. The number of rotatable bonds is 3. The van der Waals surface area contributed by atoms with E-state index in [4.69, 9.17) is 0 Å². The number of amides is 3. The van der Waals surface area contributed by atoms with E-state index in [9.17, 15) is 14.4 Å². The molecule has 1 saturated carbocycles. The van der Waals surface area contributed by atoms with E-state index in [0.717, 1.165) is 16.3 Å². The third-order valence-electron chi connectivity index (χ3n) is 5.13. The van der Waals surface area contributed by atoms with Gasteiger partial charge in [-0.15, -0.1) is 11.3 Å². The molecule has 1 aromatic rings. The summed E-state index contributed by atoms with van der Waals surface area (Å²) in [5, 5.41) is 2.72. The zero-order valence-corrected chi connectivity index (χ0v) is 13.8. The normalized spacial score (nSPS) is 31.3. The highest BCUT2D eigenvalue weighted by atomic mass is 32.1. The van der Waals surface area contributed by atoms with E-state index < -0.39 is 5.91 Å². The van der Waals surface area contributed by atoms with Gasteiger partial charge in [-0.1, -0.05) is 26.0 Å². The van der Waals surface area contributed by atoms with E-state index in [2.05, 4.69) is 19.3 Å². The largest absolute Gasteiger partial charge is 0.272 e. The van der Waals surface area contributed by atoms with Crippen LogP contribution in [0.1, 0.15) is 41.4 Å². The molecule has 3 aliphatic rings. The summed E-state index contributed by atoms with van der Waals surface area (Å²) in [7, 11) is 0. The molecule has 0 spiro atoms. The lowest BCUT2D eigenvalue weighted by Crippen LogP contribution is -2.47. The van der Waals surface area contributed by atoms with Gasteiger partial charge in [-0.25, -0.2) is 0 Å². The van der Waals surface area contributed by atoms with Gasteiger partial charge in [0, 0.05) is 10.3 Å². The van der Waals surface area contributed by atoms with Gasteiger partial charge < -0.3 is 0 Å². The molecular formula is C17H18N2O3S. The van der Waals surface area contributed by atoms with Crippen molar-refractivity contribution in [2.45, 2.75) is 26.2 Å². The fraction of sp³-hybridized carbons (Fsp3) is 0.471. The van der Waals surface area contributed by atoms with Crippen LogP contribution >= 0.6 is 11.3 Å². The number of nitrogens with one attached hydrogen (secondary N) is 1. The highest BCUT2D eigenvalue weighted by Gasteiger charge is 2.59. The van der Waals surface area contributed by atoms with Gasteiger partial charge in [0.1, 0.15) is 0 Å². The minimum Gasteiger partial charge on any atom is -0.272 e. The van der Waals surface area contributed by atoms with Crippen molar-refractivity contribution in [1.82, 2.24) is 10.4 Å². The molecule has 120 valence electrons. The summed E-state index contributed by atoms with van der Waals surface area (Å²) in [6.07, 6.45) is 4.96. The van der Waals surface area contributed by atoms with E-state index in [1.54, 1.807) is 5.38 Å². The smallest absolute Gasteiger partial charge is 0.271 e. The Morgan fingerprint density at radius 2 is 1.83 bits per heavy atom. The Bertz CT molecular complexity index is 706. The summed E-state index contributed by atoms with van der Waals surface area (Å²) >= 11 is 1.51. The summed E-state index contributed by atoms with van der Waals surface area (Å²) in [6.45, 7) is 4.12. The zero-order chi connectivity index (χ0) is 16.3. The summed E-state index contributed by atoms with van der Waals surface area (Å²) in [6, 6.07) is 1.82. The number of thiophene rings is 1. The monoisotopic (exact) mass is 330 g/mol. The Morgan fingerprint density at radius 3 is 2.35 bits per heavy atom. The van der Waals surface area contributed by atoms with Crippen LogP contribution in [0, 0.1) is 23.7 Å². The van der Waals surface area contributed by atoms with Gasteiger partial charge in [0.2, 0.25) is 0 Å². The summed E-state index contributed by atoms with van der Waals surface area (Å²) < 4.78 is 0. The summed E-state index contributed by atoms with van der Waals surface area (Å²) in [5.41, 5.74) is 3.02. The van der Waals surface area contributed by atoms with Crippen LogP contribution in [0.5, 0.6) is 0 Å². The lowest BCUT2D eigenvalue weighted by Gasteiger charge is -2.17. The molecule has 23 heavy (non-hydrogen) atoms. The lowest BCUT2D eigenvalue weighted by atomic mass is 9.85. The van der Waals surface area contributed by atoms with Crippen molar-refractivity contribution in [3.05, 3.63) is 34.0 Å². The van der Waals surface area contributed by atoms with Crippen molar-refractivity contribution in [3.8, 4) is 0 Å². The third kappa shape index (κ3) is 2.08. The van der Waals surface area contributed by atoms with Crippen molar-refractivity contribution < 1.29 is 14.4 Å². The Hall–Kier alpha value is -1.95.